The number of anilines is 1. The van der Waals surface area contributed by atoms with E-state index in [-0.39, 0.29) is 24.1 Å². The Bertz CT molecular complexity index is 663. The number of esters is 1. The van der Waals surface area contributed by atoms with Crippen molar-refractivity contribution in [2.24, 2.45) is 0 Å². The van der Waals surface area contributed by atoms with Crippen molar-refractivity contribution >= 4 is 28.2 Å². The van der Waals surface area contributed by atoms with Crippen LogP contribution in [0.5, 0.6) is 0 Å². The summed E-state index contributed by atoms with van der Waals surface area (Å²) < 4.78 is 11.0. The quantitative estimate of drug-likeness (QED) is 0.757. The first kappa shape index (κ1) is 19.3. The number of amides is 1. The lowest BCUT2D eigenvalue weighted by Crippen LogP contribution is -3.16. The maximum atomic E-state index is 12.6. The SMILES string of the molecule is CCOC(=O)c1c(NC(=O)C[NH+]2C[C@H](C)O[C@@H](C)C2)sc2c1CCCC2. The first-order valence-corrected chi connectivity index (χ1v) is 10.4. The second-order valence-corrected chi connectivity index (χ2v) is 8.38. The molecule has 144 valence electrons. The van der Waals surface area contributed by atoms with E-state index in [1.54, 1.807) is 18.3 Å². The van der Waals surface area contributed by atoms with E-state index in [9.17, 15) is 9.59 Å². The molecule has 3 rings (SSSR count). The minimum atomic E-state index is -0.317. The molecule has 6 nitrogen and oxygen atoms in total. The van der Waals surface area contributed by atoms with Gasteiger partial charge in [0.2, 0.25) is 0 Å². The largest absolute Gasteiger partial charge is 0.462 e. The molecule has 1 aliphatic carbocycles. The zero-order chi connectivity index (χ0) is 18.7. The van der Waals surface area contributed by atoms with Crippen molar-refractivity contribution in [3.8, 4) is 0 Å². The van der Waals surface area contributed by atoms with Gasteiger partial charge < -0.3 is 19.7 Å². The summed E-state index contributed by atoms with van der Waals surface area (Å²) in [5.74, 6) is -0.367. The van der Waals surface area contributed by atoms with E-state index in [1.807, 2.05) is 13.8 Å². The molecule has 2 heterocycles. The fourth-order valence-corrected chi connectivity index (χ4v) is 5.30. The highest BCUT2D eigenvalue weighted by atomic mass is 32.1. The summed E-state index contributed by atoms with van der Waals surface area (Å²) in [6.07, 6.45) is 4.40. The van der Waals surface area contributed by atoms with Gasteiger partial charge >= 0.3 is 5.97 Å². The second kappa shape index (κ2) is 8.50. The van der Waals surface area contributed by atoms with Gasteiger partial charge in [0, 0.05) is 4.88 Å². The predicted octanol–water partition coefficient (Wildman–Crippen LogP) is 1.43. The van der Waals surface area contributed by atoms with Crippen molar-refractivity contribution in [1.29, 1.82) is 0 Å². The molecular weight excluding hydrogens is 352 g/mol. The molecule has 1 aromatic rings. The number of nitrogens with one attached hydrogen (secondary N) is 2. The molecule has 0 spiro atoms. The van der Waals surface area contributed by atoms with E-state index in [0.29, 0.717) is 23.7 Å². The Labute approximate surface area is 158 Å². The number of hydrogen-bond acceptors (Lipinski definition) is 5. The fourth-order valence-electron chi connectivity index (χ4n) is 4.00. The average molecular weight is 382 g/mol. The molecular formula is C19H29N2O4S+. The average Bonchev–Trinajstić information content (AvgIpc) is 2.91. The lowest BCUT2D eigenvalue weighted by Gasteiger charge is -2.31. The first-order valence-electron chi connectivity index (χ1n) is 9.58. The van der Waals surface area contributed by atoms with Gasteiger partial charge in [-0.25, -0.2) is 4.79 Å². The van der Waals surface area contributed by atoms with Crippen LogP contribution in [0.1, 0.15) is 54.4 Å². The molecule has 1 aliphatic heterocycles. The minimum absolute atomic E-state index is 0.0505. The Hall–Kier alpha value is -1.44. The summed E-state index contributed by atoms with van der Waals surface area (Å²) in [6.45, 7) is 8.26. The number of quaternary nitrogens is 1. The lowest BCUT2D eigenvalue weighted by atomic mass is 9.95. The van der Waals surface area contributed by atoms with Gasteiger partial charge in [0.1, 0.15) is 30.3 Å². The molecule has 1 aromatic heterocycles. The van der Waals surface area contributed by atoms with Crippen molar-refractivity contribution in [3.05, 3.63) is 16.0 Å². The third kappa shape index (κ3) is 4.45. The molecule has 1 fully saturated rings. The number of carbonyl (C=O) groups excluding carboxylic acids is 2. The Kier molecular flexibility index (Phi) is 6.32. The zero-order valence-electron chi connectivity index (χ0n) is 15.9. The summed E-state index contributed by atoms with van der Waals surface area (Å²) in [6, 6.07) is 0. The van der Waals surface area contributed by atoms with Crippen LogP contribution >= 0.6 is 11.3 Å². The summed E-state index contributed by atoms with van der Waals surface area (Å²) in [5, 5.41) is 3.66. The fraction of sp³-hybridized carbons (Fsp3) is 0.684. The number of ether oxygens (including phenoxy) is 2. The molecule has 0 radical (unpaired) electrons. The maximum Gasteiger partial charge on any atom is 0.341 e. The highest BCUT2D eigenvalue weighted by Crippen LogP contribution is 2.38. The standard InChI is InChI=1S/C19H28N2O4S/c1-4-24-19(23)17-14-7-5-6-8-15(14)26-18(17)20-16(22)11-21-9-12(2)25-13(3)10-21/h12-13H,4-11H2,1-3H3,(H,20,22)/p+1/t12-,13-/m0/s1. The smallest absolute Gasteiger partial charge is 0.341 e. The highest BCUT2D eigenvalue weighted by molar-refractivity contribution is 7.17. The zero-order valence-corrected chi connectivity index (χ0v) is 16.7. The van der Waals surface area contributed by atoms with E-state index < -0.39 is 0 Å². The van der Waals surface area contributed by atoms with E-state index in [2.05, 4.69) is 5.32 Å². The lowest BCUT2D eigenvalue weighted by molar-refractivity contribution is -0.907. The molecule has 1 amide bonds. The normalized spacial score (nSPS) is 25.4. The van der Waals surface area contributed by atoms with Crippen molar-refractivity contribution in [2.75, 3.05) is 31.6 Å². The van der Waals surface area contributed by atoms with Crippen LogP contribution in [0.25, 0.3) is 0 Å². The number of morpholine rings is 1. The summed E-state index contributed by atoms with van der Waals surface area (Å²) in [4.78, 5) is 27.5. The molecule has 0 aromatic carbocycles. The number of aryl methyl sites for hydroxylation is 1. The van der Waals surface area contributed by atoms with Crippen LogP contribution in [-0.2, 0) is 27.1 Å². The Morgan fingerprint density at radius 3 is 2.62 bits per heavy atom. The van der Waals surface area contributed by atoms with Crippen molar-refractivity contribution in [2.45, 2.75) is 58.7 Å². The van der Waals surface area contributed by atoms with Crippen LogP contribution < -0.4 is 10.2 Å². The van der Waals surface area contributed by atoms with Crippen LogP contribution in [0.15, 0.2) is 0 Å². The van der Waals surface area contributed by atoms with Gasteiger partial charge in [-0.2, -0.15) is 0 Å². The molecule has 2 atom stereocenters. The van der Waals surface area contributed by atoms with Gasteiger partial charge in [0.15, 0.2) is 6.54 Å². The van der Waals surface area contributed by atoms with E-state index >= 15 is 0 Å². The molecule has 1 saturated heterocycles. The number of carbonyl (C=O) groups is 2. The van der Waals surface area contributed by atoms with Gasteiger partial charge in [-0.15, -0.1) is 11.3 Å². The van der Waals surface area contributed by atoms with Gasteiger partial charge in [-0.1, -0.05) is 0 Å². The van der Waals surface area contributed by atoms with Crippen LogP contribution in [0.2, 0.25) is 0 Å². The topological polar surface area (TPSA) is 69.1 Å². The van der Waals surface area contributed by atoms with Gasteiger partial charge in [-0.05, 0) is 52.0 Å². The molecule has 0 bridgehead atoms. The molecule has 0 saturated carbocycles. The second-order valence-electron chi connectivity index (χ2n) is 7.28. The highest BCUT2D eigenvalue weighted by Gasteiger charge is 2.30. The van der Waals surface area contributed by atoms with Crippen molar-refractivity contribution < 1.29 is 24.0 Å². The van der Waals surface area contributed by atoms with Crippen LogP contribution in [-0.4, -0.2) is 50.3 Å². The Morgan fingerprint density at radius 1 is 1.23 bits per heavy atom. The number of thiophene rings is 1. The third-order valence-electron chi connectivity index (χ3n) is 4.93. The van der Waals surface area contributed by atoms with Crippen LogP contribution in [0, 0.1) is 0 Å². The van der Waals surface area contributed by atoms with Gasteiger partial charge in [0.05, 0.1) is 12.2 Å². The summed E-state index contributed by atoms with van der Waals surface area (Å²) >= 11 is 1.54. The number of rotatable bonds is 5. The van der Waals surface area contributed by atoms with Crippen LogP contribution in [0.3, 0.4) is 0 Å². The molecule has 26 heavy (non-hydrogen) atoms. The third-order valence-corrected chi connectivity index (χ3v) is 6.14. The maximum absolute atomic E-state index is 12.6. The van der Waals surface area contributed by atoms with E-state index in [0.717, 1.165) is 44.3 Å². The summed E-state index contributed by atoms with van der Waals surface area (Å²) in [7, 11) is 0. The molecule has 2 aliphatic rings. The Morgan fingerprint density at radius 2 is 1.92 bits per heavy atom. The molecule has 2 N–H and O–H groups in total. The van der Waals surface area contributed by atoms with Gasteiger partial charge in [-0.3, -0.25) is 4.79 Å². The number of fused-ring (bicyclic) bond motifs is 1. The van der Waals surface area contributed by atoms with E-state index in [4.69, 9.17) is 9.47 Å². The number of hydrogen-bond donors (Lipinski definition) is 2. The monoisotopic (exact) mass is 381 g/mol. The van der Waals surface area contributed by atoms with E-state index in [1.165, 1.54) is 9.78 Å². The minimum Gasteiger partial charge on any atom is -0.462 e. The van der Waals surface area contributed by atoms with Crippen molar-refractivity contribution in [1.82, 2.24) is 0 Å². The summed E-state index contributed by atoms with van der Waals surface area (Å²) in [5.41, 5.74) is 1.66. The molecule has 7 heteroatoms. The predicted molar refractivity (Wildman–Crippen MR) is 101 cm³/mol. The van der Waals surface area contributed by atoms with Gasteiger partial charge in [0.25, 0.3) is 5.91 Å². The molecule has 0 unspecified atom stereocenters. The van der Waals surface area contributed by atoms with Crippen LogP contribution in [0.4, 0.5) is 5.00 Å². The Balaban J connectivity index is 1.73. The van der Waals surface area contributed by atoms with Crippen molar-refractivity contribution in [3.63, 3.8) is 0 Å². The first-order chi connectivity index (χ1) is 12.5.